The molecule has 1 unspecified atom stereocenters. The molecule has 0 bridgehead atoms. The molecule has 0 saturated carbocycles. The zero-order valence-electron chi connectivity index (χ0n) is 9.15. The van der Waals surface area contributed by atoms with Crippen LogP contribution in [0.2, 0.25) is 0 Å². The molecule has 1 N–H and O–H groups in total. The molecule has 0 aliphatic carbocycles. The molecule has 3 heterocycles. The molecule has 5 heteroatoms. The summed E-state index contributed by atoms with van der Waals surface area (Å²) < 4.78 is 11.3. The second-order valence-corrected chi connectivity index (χ2v) is 5.06. The van der Waals surface area contributed by atoms with E-state index in [2.05, 4.69) is 15.6 Å². The van der Waals surface area contributed by atoms with E-state index in [9.17, 15) is 0 Å². The van der Waals surface area contributed by atoms with Crippen molar-refractivity contribution >= 4 is 16.3 Å². The Morgan fingerprint density at radius 3 is 3.19 bits per heavy atom. The van der Waals surface area contributed by atoms with E-state index in [1.165, 1.54) is 5.00 Å². The number of hydrogen-bond acceptors (Lipinski definition) is 5. The summed E-state index contributed by atoms with van der Waals surface area (Å²) in [6, 6.07) is 2.04. The van der Waals surface area contributed by atoms with Gasteiger partial charge in [0.05, 0.1) is 19.8 Å². The van der Waals surface area contributed by atoms with Crippen LogP contribution in [0.25, 0.3) is 0 Å². The maximum atomic E-state index is 5.94. The van der Waals surface area contributed by atoms with E-state index in [0.717, 1.165) is 45.1 Å². The third-order valence-corrected chi connectivity index (χ3v) is 3.83. The van der Waals surface area contributed by atoms with Crippen molar-refractivity contribution in [2.45, 2.75) is 6.10 Å². The molecule has 1 fully saturated rings. The van der Waals surface area contributed by atoms with E-state index in [4.69, 9.17) is 9.47 Å². The Morgan fingerprint density at radius 2 is 2.31 bits per heavy atom. The number of fused-ring (bicyclic) bond motifs is 1. The van der Waals surface area contributed by atoms with Crippen LogP contribution in [0.15, 0.2) is 11.4 Å². The van der Waals surface area contributed by atoms with E-state index in [-0.39, 0.29) is 6.10 Å². The highest BCUT2D eigenvalue weighted by molar-refractivity contribution is 7.14. The van der Waals surface area contributed by atoms with Crippen LogP contribution in [-0.4, -0.2) is 50.4 Å². The number of morpholine rings is 1. The summed E-state index contributed by atoms with van der Waals surface area (Å²) in [5, 5.41) is 6.65. The van der Waals surface area contributed by atoms with Gasteiger partial charge < -0.3 is 14.8 Å². The van der Waals surface area contributed by atoms with E-state index in [0.29, 0.717) is 0 Å². The largest absolute Gasteiger partial charge is 0.484 e. The lowest BCUT2D eigenvalue weighted by atomic mass is 10.2. The average Bonchev–Trinajstić information content (AvgIpc) is 2.77. The third kappa shape index (κ3) is 2.16. The third-order valence-electron chi connectivity index (χ3n) is 2.98. The minimum absolute atomic E-state index is 0.264. The Hall–Kier alpha value is -0.780. The molecule has 0 spiro atoms. The summed E-state index contributed by atoms with van der Waals surface area (Å²) in [6.07, 6.45) is 0.264. The van der Waals surface area contributed by atoms with Gasteiger partial charge in [0, 0.05) is 19.6 Å². The summed E-state index contributed by atoms with van der Waals surface area (Å²) in [6.45, 7) is 5.65. The second-order valence-electron chi connectivity index (χ2n) is 4.15. The van der Waals surface area contributed by atoms with Gasteiger partial charge >= 0.3 is 0 Å². The van der Waals surface area contributed by atoms with Crippen molar-refractivity contribution in [3.63, 3.8) is 0 Å². The predicted molar refractivity (Wildman–Crippen MR) is 64.5 cm³/mol. The van der Waals surface area contributed by atoms with Crippen LogP contribution >= 0.6 is 11.3 Å². The van der Waals surface area contributed by atoms with E-state index in [1.54, 1.807) is 11.3 Å². The zero-order valence-corrected chi connectivity index (χ0v) is 9.96. The van der Waals surface area contributed by atoms with Crippen LogP contribution in [0.3, 0.4) is 0 Å². The van der Waals surface area contributed by atoms with Crippen molar-refractivity contribution in [1.82, 2.24) is 4.90 Å². The topological polar surface area (TPSA) is 33.7 Å². The Morgan fingerprint density at radius 1 is 1.44 bits per heavy atom. The first-order valence-corrected chi connectivity index (χ1v) is 6.58. The number of hydrogen-bond donors (Lipinski definition) is 1. The van der Waals surface area contributed by atoms with E-state index in [1.807, 2.05) is 6.07 Å². The van der Waals surface area contributed by atoms with Crippen LogP contribution in [0.4, 0.5) is 5.00 Å². The highest BCUT2D eigenvalue weighted by Gasteiger charge is 2.23. The van der Waals surface area contributed by atoms with Gasteiger partial charge in [-0.25, -0.2) is 0 Å². The quantitative estimate of drug-likeness (QED) is 0.843. The minimum atomic E-state index is 0.264. The lowest BCUT2D eigenvalue weighted by Crippen LogP contribution is -2.45. The van der Waals surface area contributed by atoms with Crippen molar-refractivity contribution in [3.8, 4) is 5.75 Å². The van der Waals surface area contributed by atoms with Crippen LogP contribution in [0, 0.1) is 0 Å². The minimum Gasteiger partial charge on any atom is -0.484 e. The number of ether oxygens (including phenoxy) is 2. The van der Waals surface area contributed by atoms with Gasteiger partial charge in [-0.05, 0) is 11.4 Å². The lowest BCUT2D eigenvalue weighted by Gasteiger charge is -2.32. The van der Waals surface area contributed by atoms with Crippen molar-refractivity contribution < 1.29 is 9.47 Å². The lowest BCUT2D eigenvalue weighted by molar-refractivity contribution is 0.0204. The van der Waals surface area contributed by atoms with Gasteiger partial charge in [-0.3, -0.25) is 4.90 Å². The summed E-state index contributed by atoms with van der Waals surface area (Å²) in [5.74, 6) is 1.01. The molecule has 1 saturated heterocycles. The zero-order chi connectivity index (χ0) is 10.8. The molecule has 4 nitrogen and oxygen atoms in total. The number of nitrogens with zero attached hydrogens (tertiary/aromatic N) is 1. The predicted octanol–water partition coefficient (Wildman–Crippen LogP) is 1.25. The summed E-state index contributed by atoms with van der Waals surface area (Å²) in [7, 11) is 0. The first-order valence-electron chi connectivity index (χ1n) is 5.70. The van der Waals surface area contributed by atoms with Gasteiger partial charge in [-0.15, -0.1) is 11.3 Å². The fraction of sp³-hybridized carbons (Fsp3) is 0.636. The molecule has 1 aromatic heterocycles. The summed E-state index contributed by atoms with van der Waals surface area (Å²) >= 11 is 1.70. The maximum Gasteiger partial charge on any atom is 0.154 e. The molecule has 0 aromatic carbocycles. The highest BCUT2D eigenvalue weighted by Crippen LogP contribution is 2.34. The molecule has 1 aromatic rings. The van der Waals surface area contributed by atoms with Crippen LogP contribution in [0.1, 0.15) is 0 Å². The Kier molecular flexibility index (Phi) is 2.99. The van der Waals surface area contributed by atoms with Gasteiger partial charge in [0.15, 0.2) is 5.75 Å². The first-order chi connectivity index (χ1) is 7.92. The van der Waals surface area contributed by atoms with Crippen molar-refractivity contribution in [2.24, 2.45) is 0 Å². The Balaban J connectivity index is 1.57. The molecule has 0 radical (unpaired) electrons. The molecule has 0 amide bonds. The fourth-order valence-electron chi connectivity index (χ4n) is 2.12. The van der Waals surface area contributed by atoms with Gasteiger partial charge in [-0.2, -0.15) is 0 Å². The molecule has 1 atom stereocenters. The number of rotatable bonds is 2. The maximum absolute atomic E-state index is 5.94. The molecule has 88 valence electrons. The Bertz CT molecular complexity index is 350. The average molecular weight is 240 g/mol. The highest BCUT2D eigenvalue weighted by atomic mass is 32.1. The molecule has 3 rings (SSSR count). The monoisotopic (exact) mass is 240 g/mol. The summed E-state index contributed by atoms with van der Waals surface area (Å²) in [5.41, 5.74) is 0. The van der Waals surface area contributed by atoms with Crippen molar-refractivity contribution in [1.29, 1.82) is 0 Å². The number of nitrogens with one attached hydrogen (secondary N) is 1. The smallest absolute Gasteiger partial charge is 0.154 e. The molecule has 2 aliphatic rings. The Labute approximate surface area is 99.2 Å². The molecule has 16 heavy (non-hydrogen) atoms. The van der Waals surface area contributed by atoms with Gasteiger partial charge in [0.1, 0.15) is 11.1 Å². The van der Waals surface area contributed by atoms with E-state index >= 15 is 0 Å². The number of thiophene rings is 1. The SMILES string of the molecule is c1cc2c(s1)NCC(CN1CCOCC1)O2. The van der Waals surface area contributed by atoms with Gasteiger partial charge in [0.2, 0.25) is 0 Å². The van der Waals surface area contributed by atoms with Gasteiger partial charge in [0.25, 0.3) is 0 Å². The summed E-state index contributed by atoms with van der Waals surface area (Å²) in [4.78, 5) is 2.41. The standard InChI is InChI=1S/C11H16N2O2S/c1-6-16-11-10(1)15-9(7-12-11)8-13-2-4-14-5-3-13/h1,6,9,12H,2-5,7-8H2. The van der Waals surface area contributed by atoms with Crippen molar-refractivity contribution in [3.05, 3.63) is 11.4 Å². The molecular weight excluding hydrogens is 224 g/mol. The molecular formula is C11H16N2O2S. The normalized spacial score (nSPS) is 25.6. The first kappa shape index (κ1) is 10.4. The van der Waals surface area contributed by atoms with Crippen LogP contribution < -0.4 is 10.1 Å². The fourth-order valence-corrected chi connectivity index (χ4v) is 2.85. The van der Waals surface area contributed by atoms with Gasteiger partial charge in [-0.1, -0.05) is 0 Å². The van der Waals surface area contributed by atoms with Crippen molar-refractivity contribution in [2.75, 3.05) is 44.7 Å². The molecule has 2 aliphatic heterocycles. The van der Waals surface area contributed by atoms with Crippen LogP contribution in [0.5, 0.6) is 5.75 Å². The van der Waals surface area contributed by atoms with E-state index < -0.39 is 0 Å². The van der Waals surface area contributed by atoms with Crippen LogP contribution in [-0.2, 0) is 4.74 Å². The second kappa shape index (κ2) is 4.61. The number of anilines is 1.